The van der Waals surface area contributed by atoms with E-state index in [1.54, 1.807) is 6.07 Å². The summed E-state index contributed by atoms with van der Waals surface area (Å²) in [5, 5.41) is 9.62. The van der Waals surface area contributed by atoms with Crippen LogP contribution in [-0.4, -0.2) is 12.2 Å². The van der Waals surface area contributed by atoms with Crippen LogP contribution in [0.25, 0.3) is 0 Å². The van der Waals surface area contributed by atoms with E-state index in [-0.39, 0.29) is 12.4 Å². The van der Waals surface area contributed by atoms with Crippen LogP contribution >= 0.6 is 0 Å². The van der Waals surface area contributed by atoms with E-state index in [1.807, 2.05) is 0 Å². The zero-order valence-corrected chi connectivity index (χ0v) is 11.8. The molecule has 0 amide bonds. The highest BCUT2D eigenvalue weighted by atomic mass is 19.1. The topological polar surface area (TPSA) is 38.7 Å². The van der Waals surface area contributed by atoms with Crippen LogP contribution in [0.5, 0.6) is 11.5 Å². The fourth-order valence-corrected chi connectivity index (χ4v) is 1.94. The quantitative estimate of drug-likeness (QED) is 0.915. The van der Waals surface area contributed by atoms with Crippen LogP contribution in [0.2, 0.25) is 0 Å². The molecule has 0 aliphatic heterocycles. The SMILES string of the molecule is COc1ccc(COc2ccc(F)cc2[C@H](C)O)cc1F. The van der Waals surface area contributed by atoms with E-state index in [0.29, 0.717) is 16.9 Å². The van der Waals surface area contributed by atoms with Crippen LogP contribution in [-0.2, 0) is 6.61 Å². The summed E-state index contributed by atoms with van der Waals surface area (Å²) in [5.41, 5.74) is 0.957. The van der Waals surface area contributed by atoms with E-state index in [4.69, 9.17) is 9.47 Å². The maximum atomic E-state index is 13.6. The molecule has 1 atom stereocenters. The van der Waals surface area contributed by atoms with Gasteiger partial charge >= 0.3 is 0 Å². The van der Waals surface area contributed by atoms with Gasteiger partial charge in [-0.15, -0.1) is 0 Å². The van der Waals surface area contributed by atoms with E-state index in [2.05, 4.69) is 0 Å². The largest absolute Gasteiger partial charge is 0.494 e. The summed E-state index contributed by atoms with van der Waals surface area (Å²) in [4.78, 5) is 0. The number of aliphatic hydroxyl groups is 1. The van der Waals surface area contributed by atoms with Gasteiger partial charge in [0.1, 0.15) is 18.2 Å². The smallest absolute Gasteiger partial charge is 0.165 e. The third-order valence-electron chi connectivity index (χ3n) is 3.03. The van der Waals surface area contributed by atoms with Gasteiger partial charge in [0.05, 0.1) is 13.2 Å². The van der Waals surface area contributed by atoms with E-state index in [0.717, 1.165) is 0 Å². The minimum Gasteiger partial charge on any atom is -0.494 e. The summed E-state index contributed by atoms with van der Waals surface area (Å²) in [5.74, 6) is -0.407. The van der Waals surface area contributed by atoms with Gasteiger partial charge < -0.3 is 14.6 Å². The van der Waals surface area contributed by atoms with Gasteiger partial charge in [-0.05, 0) is 42.8 Å². The summed E-state index contributed by atoms with van der Waals surface area (Å²) in [7, 11) is 1.39. The molecular formula is C16H16F2O3. The lowest BCUT2D eigenvalue weighted by atomic mass is 10.1. The molecule has 21 heavy (non-hydrogen) atoms. The monoisotopic (exact) mass is 294 g/mol. The van der Waals surface area contributed by atoms with Crippen LogP contribution in [0.15, 0.2) is 36.4 Å². The normalized spacial score (nSPS) is 12.0. The molecule has 0 aliphatic rings. The molecule has 1 N–H and O–H groups in total. The number of benzene rings is 2. The minimum absolute atomic E-state index is 0.103. The van der Waals surface area contributed by atoms with E-state index in [9.17, 15) is 13.9 Å². The van der Waals surface area contributed by atoms with Crippen molar-refractivity contribution in [1.82, 2.24) is 0 Å². The summed E-state index contributed by atoms with van der Waals surface area (Å²) in [6.45, 7) is 1.63. The standard InChI is InChI=1S/C16H16F2O3/c1-10(19)13-8-12(17)4-6-15(13)21-9-11-3-5-16(20-2)14(18)7-11/h3-8,10,19H,9H2,1-2H3/t10-/m0/s1. The molecule has 2 aromatic carbocycles. The highest BCUT2D eigenvalue weighted by Gasteiger charge is 2.11. The van der Waals surface area contributed by atoms with E-state index < -0.39 is 17.7 Å². The van der Waals surface area contributed by atoms with Crippen LogP contribution in [0.3, 0.4) is 0 Å². The molecule has 0 saturated carbocycles. The van der Waals surface area contributed by atoms with Gasteiger partial charge in [0.15, 0.2) is 11.6 Å². The van der Waals surface area contributed by atoms with Crippen molar-refractivity contribution >= 4 is 0 Å². The van der Waals surface area contributed by atoms with Crippen molar-refractivity contribution in [3.05, 3.63) is 59.2 Å². The highest BCUT2D eigenvalue weighted by molar-refractivity contribution is 5.36. The Bertz CT molecular complexity index is 627. The van der Waals surface area contributed by atoms with Gasteiger partial charge in [-0.2, -0.15) is 0 Å². The van der Waals surface area contributed by atoms with Gasteiger partial charge in [-0.3, -0.25) is 0 Å². The molecule has 112 valence electrons. The first-order valence-electron chi connectivity index (χ1n) is 6.44. The van der Waals surface area contributed by atoms with Gasteiger partial charge in [-0.25, -0.2) is 8.78 Å². The molecule has 0 bridgehead atoms. The Morgan fingerprint density at radius 1 is 1.10 bits per heavy atom. The Kier molecular flexibility index (Phi) is 4.75. The van der Waals surface area contributed by atoms with Crippen LogP contribution in [0, 0.1) is 11.6 Å². The van der Waals surface area contributed by atoms with Gasteiger partial charge in [-0.1, -0.05) is 6.07 Å². The molecule has 0 aromatic heterocycles. The first-order valence-corrected chi connectivity index (χ1v) is 6.44. The average Bonchev–Trinajstić information content (AvgIpc) is 2.46. The maximum absolute atomic E-state index is 13.6. The number of ether oxygens (including phenoxy) is 2. The summed E-state index contributed by atoms with van der Waals surface area (Å²) in [6.07, 6.45) is -0.858. The number of halogens is 2. The third kappa shape index (κ3) is 3.70. The summed E-state index contributed by atoms with van der Waals surface area (Å²) >= 11 is 0. The Hall–Kier alpha value is -2.14. The van der Waals surface area contributed by atoms with Crippen molar-refractivity contribution in [3.63, 3.8) is 0 Å². The first-order chi connectivity index (χ1) is 10.0. The van der Waals surface area contributed by atoms with Crippen molar-refractivity contribution in [2.45, 2.75) is 19.6 Å². The zero-order chi connectivity index (χ0) is 15.4. The van der Waals surface area contributed by atoms with E-state index >= 15 is 0 Å². The Labute approximate surface area is 121 Å². The number of hydrogen-bond donors (Lipinski definition) is 1. The lowest BCUT2D eigenvalue weighted by Gasteiger charge is -2.14. The van der Waals surface area contributed by atoms with Crippen molar-refractivity contribution in [3.8, 4) is 11.5 Å². The molecule has 2 rings (SSSR count). The predicted molar refractivity (Wildman–Crippen MR) is 74.3 cm³/mol. The highest BCUT2D eigenvalue weighted by Crippen LogP contribution is 2.27. The number of hydrogen-bond acceptors (Lipinski definition) is 3. The fourth-order valence-electron chi connectivity index (χ4n) is 1.94. The first kappa shape index (κ1) is 15.3. The lowest BCUT2D eigenvalue weighted by molar-refractivity contribution is 0.189. The number of methoxy groups -OCH3 is 1. The second-order valence-electron chi connectivity index (χ2n) is 4.62. The number of aliphatic hydroxyl groups excluding tert-OH is 1. The second kappa shape index (κ2) is 6.54. The molecule has 0 saturated heterocycles. The molecule has 5 heteroatoms. The van der Waals surface area contributed by atoms with Crippen LogP contribution in [0.4, 0.5) is 8.78 Å². The van der Waals surface area contributed by atoms with Crippen LogP contribution in [0.1, 0.15) is 24.2 Å². The molecule has 0 heterocycles. The lowest BCUT2D eigenvalue weighted by Crippen LogP contribution is -2.02. The molecule has 0 fully saturated rings. The molecule has 0 spiro atoms. The Balaban J connectivity index is 2.15. The van der Waals surface area contributed by atoms with Gasteiger partial charge in [0.2, 0.25) is 0 Å². The zero-order valence-electron chi connectivity index (χ0n) is 11.8. The average molecular weight is 294 g/mol. The Morgan fingerprint density at radius 3 is 2.43 bits per heavy atom. The molecule has 0 radical (unpaired) electrons. The van der Waals surface area contributed by atoms with Crippen molar-refractivity contribution in [2.75, 3.05) is 7.11 Å². The van der Waals surface area contributed by atoms with Crippen molar-refractivity contribution in [2.24, 2.45) is 0 Å². The van der Waals surface area contributed by atoms with Crippen molar-refractivity contribution in [1.29, 1.82) is 0 Å². The number of rotatable bonds is 5. The van der Waals surface area contributed by atoms with Gasteiger partial charge in [0.25, 0.3) is 0 Å². The van der Waals surface area contributed by atoms with Crippen LogP contribution < -0.4 is 9.47 Å². The second-order valence-corrected chi connectivity index (χ2v) is 4.62. The molecule has 0 aliphatic carbocycles. The summed E-state index contributed by atoms with van der Waals surface area (Å²) in [6, 6.07) is 8.40. The minimum atomic E-state index is -0.858. The summed E-state index contributed by atoms with van der Waals surface area (Å²) < 4.78 is 37.1. The van der Waals surface area contributed by atoms with E-state index in [1.165, 1.54) is 44.4 Å². The predicted octanol–water partition coefficient (Wildman–Crippen LogP) is 3.61. The molecular weight excluding hydrogens is 278 g/mol. The molecule has 3 nitrogen and oxygen atoms in total. The fraction of sp³-hybridized carbons (Fsp3) is 0.250. The Morgan fingerprint density at radius 2 is 1.81 bits per heavy atom. The maximum Gasteiger partial charge on any atom is 0.165 e. The molecule has 0 unspecified atom stereocenters. The molecule has 2 aromatic rings. The van der Waals surface area contributed by atoms with Gasteiger partial charge in [0, 0.05) is 5.56 Å². The third-order valence-corrected chi connectivity index (χ3v) is 3.03. The van der Waals surface area contributed by atoms with Crippen molar-refractivity contribution < 1.29 is 23.4 Å².